The van der Waals surface area contributed by atoms with Gasteiger partial charge in [-0.3, -0.25) is 9.78 Å². The topological polar surface area (TPSA) is 77.9 Å². The summed E-state index contributed by atoms with van der Waals surface area (Å²) in [6.45, 7) is 0. The molecule has 3 aromatic rings. The maximum absolute atomic E-state index is 12.1. The van der Waals surface area contributed by atoms with E-state index in [1.54, 1.807) is 30.7 Å². The number of nitrogens with zero attached hydrogens (tertiary/aromatic N) is 4. The summed E-state index contributed by atoms with van der Waals surface area (Å²) in [6.07, 6.45) is 7.96. The second kappa shape index (κ2) is 6.19. The minimum atomic E-state index is -0.0975. The summed E-state index contributed by atoms with van der Waals surface area (Å²) in [7, 11) is 0. The molecule has 3 heterocycles. The molecule has 0 fully saturated rings. The highest BCUT2D eigenvalue weighted by Gasteiger charge is 2.11. The fourth-order valence-electron chi connectivity index (χ4n) is 1.67. The Morgan fingerprint density at radius 1 is 1.14 bits per heavy atom. The number of thiazole rings is 1. The average molecular weight is 298 g/mol. The van der Waals surface area contributed by atoms with Crippen LogP contribution in [0.15, 0.2) is 48.6 Å². The van der Waals surface area contributed by atoms with Gasteiger partial charge < -0.3 is 4.74 Å². The summed E-state index contributed by atoms with van der Waals surface area (Å²) in [5.74, 6) is 0.920. The molecule has 0 radical (unpaired) electrons. The van der Waals surface area contributed by atoms with Gasteiger partial charge in [0.1, 0.15) is 22.8 Å². The Morgan fingerprint density at radius 3 is 2.76 bits per heavy atom. The van der Waals surface area contributed by atoms with Crippen LogP contribution < -0.4 is 4.74 Å². The molecule has 0 saturated heterocycles. The first-order valence-corrected chi connectivity index (χ1v) is 7.00. The summed E-state index contributed by atoms with van der Waals surface area (Å²) in [5.41, 5.74) is 0.347. The lowest BCUT2D eigenvalue weighted by Gasteiger charge is -2.05. The maximum Gasteiger partial charge on any atom is 0.188 e. The van der Waals surface area contributed by atoms with Crippen molar-refractivity contribution >= 4 is 17.1 Å². The maximum atomic E-state index is 12.1. The number of ether oxygens (including phenoxy) is 1. The monoisotopic (exact) mass is 298 g/mol. The normalized spacial score (nSPS) is 10.3. The Bertz CT molecular complexity index is 732. The van der Waals surface area contributed by atoms with Crippen molar-refractivity contribution in [1.82, 2.24) is 19.9 Å². The Hall–Kier alpha value is -2.67. The molecule has 0 spiro atoms. The molecule has 3 aromatic heterocycles. The number of rotatable bonds is 5. The highest BCUT2D eigenvalue weighted by Crippen LogP contribution is 2.20. The molecule has 0 aliphatic rings. The number of Topliss-reactive ketones (excluding diaryl/α,β-unsaturated/α-hetero) is 1. The smallest absolute Gasteiger partial charge is 0.188 e. The molecule has 0 aliphatic heterocycles. The molecule has 0 aromatic carbocycles. The van der Waals surface area contributed by atoms with E-state index in [0.717, 1.165) is 5.01 Å². The van der Waals surface area contributed by atoms with E-state index >= 15 is 0 Å². The van der Waals surface area contributed by atoms with Gasteiger partial charge in [-0.15, -0.1) is 11.3 Å². The minimum absolute atomic E-state index is 0.0975. The Balaban J connectivity index is 1.75. The van der Waals surface area contributed by atoms with Crippen molar-refractivity contribution < 1.29 is 9.53 Å². The molecule has 7 heteroatoms. The average Bonchev–Trinajstić information content (AvgIpc) is 3.01. The molecule has 21 heavy (non-hydrogen) atoms. The highest BCUT2D eigenvalue weighted by molar-refractivity contribution is 7.09. The van der Waals surface area contributed by atoms with E-state index in [9.17, 15) is 4.79 Å². The fraction of sp³-hybridized carbons (Fsp3) is 0.0714. The van der Waals surface area contributed by atoms with Gasteiger partial charge in [-0.2, -0.15) is 0 Å². The molecule has 6 nitrogen and oxygen atoms in total. The van der Waals surface area contributed by atoms with E-state index in [2.05, 4.69) is 19.9 Å². The number of hydrogen-bond acceptors (Lipinski definition) is 7. The quantitative estimate of drug-likeness (QED) is 0.674. The van der Waals surface area contributed by atoms with Crippen molar-refractivity contribution in [3.05, 3.63) is 59.3 Å². The standard InChI is InChI=1S/C14H10N4O2S/c19-13(6-14-18-3-4-21-14)12-5-10(1-2-17-12)20-11-7-15-9-16-8-11/h1-5,7-9H,6H2. The molecule has 0 N–H and O–H groups in total. The number of carbonyl (C=O) groups is 1. The van der Waals surface area contributed by atoms with Crippen LogP contribution in [0.1, 0.15) is 15.5 Å². The number of aromatic nitrogens is 4. The van der Waals surface area contributed by atoms with Crippen LogP contribution in [0, 0.1) is 0 Å². The fourth-order valence-corrected chi connectivity index (χ4v) is 2.28. The Labute approximate surface area is 124 Å². The second-order valence-corrected chi connectivity index (χ2v) is 5.06. The van der Waals surface area contributed by atoms with Crippen LogP contribution in [-0.4, -0.2) is 25.7 Å². The van der Waals surface area contributed by atoms with Crippen LogP contribution in [0.5, 0.6) is 11.5 Å². The SMILES string of the molecule is O=C(Cc1nccs1)c1cc(Oc2cncnc2)ccn1. The van der Waals surface area contributed by atoms with Gasteiger partial charge >= 0.3 is 0 Å². The number of hydrogen-bond donors (Lipinski definition) is 0. The molecule has 104 valence electrons. The zero-order valence-electron chi connectivity index (χ0n) is 10.8. The third-order valence-corrected chi connectivity index (χ3v) is 3.36. The van der Waals surface area contributed by atoms with Gasteiger partial charge in [0, 0.05) is 23.8 Å². The number of pyridine rings is 1. The van der Waals surface area contributed by atoms with Crippen molar-refractivity contribution in [2.24, 2.45) is 0 Å². The van der Waals surface area contributed by atoms with Gasteiger partial charge in [-0.25, -0.2) is 15.0 Å². The third kappa shape index (κ3) is 3.46. The van der Waals surface area contributed by atoms with Crippen molar-refractivity contribution in [2.75, 3.05) is 0 Å². The lowest BCUT2D eigenvalue weighted by molar-refractivity contribution is 0.0988. The van der Waals surface area contributed by atoms with Crippen molar-refractivity contribution in [3.63, 3.8) is 0 Å². The molecule has 0 unspecified atom stereocenters. The number of ketones is 1. The van der Waals surface area contributed by atoms with Crippen LogP contribution in [0.2, 0.25) is 0 Å². The Kier molecular flexibility index (Phi) is 3.92. The van der Waals surface area contributed by atoms with Crippen molar-refractivity contribution in [3.8, 4) is 11.5 Å². The molecule has 0 bridgehead atoms. The summed E-state index contributed by atoms with van der Waals surface area (Å²) in [5, 5.41) is 2.61. The molecular formula is C14H10N4O2S. The lowest BCUT2D eigenvalue weighted by Crippen LogP contribution is -2.05. The van der Waals surface area contributed by atoms with Gasteiger partial charge in [-0.1, -0.05) is 0 Å². The summed E-state index contributed by atoms with van der Waals surface area (Å²) in [4.78, 5) is 28.0. The largest absolute Gasteiger partial charge is 0.454 e. The molecular weight excluding hydrogens is 288 g/mol. The van der Waals surface area contributed by atoms with E-state index in [-0.39, 0.29) is 12.2 Å². The van der Waals surface area contributed by atoms with Gasteiger partial charge in [-0.05, 0) is 6.07 Å². The molecule has 0 amide bonds. The predicted molar refractivity (Wildman–Crippen MR) is 76.5 cm³/mol. The zero-order chi connectivity index (χ0) is 14.5. The van der Waals surface area contributed by atoms with Crippen molar-refractivity contribution in [2.45, 2.75) is 6.42 Å². The van der Waals surface area contributed by atoms with Crippen molar-refractivity contribution in [1.29, 1.82) is 0 Å². The van der Waals surface area contributed by atoms with Gasteiger partial charge in [0.25, 0.3) is 0 Å². The first-order chi connectivity index (χ1) is 10.3. The van der Waals surface area contributed by atoms with Crippen LogP contribution in [0.25, 0.3) is 0 Å². The van der Waals surface area contributed by atoms with Gasteiger partial charge in [0.15, 0.2) is 11.5 Å². The third-order valence-electron chi connectivity index (χ3n) is 2.58. The summed E-state index contributed by atoms with van der Waals surface area (Å²) >= 11 is 1.45. The highest BCUT2D eigenvalue weighted by atomic mass is 32.1. The molecule has 0 atom stereocenters. The second-order valence-electron chi connectivity index (χ2n) is 4.08. The van der Waals surface area contributed by atoms with E-state index in [1.807, 2.05) is 5.38 Å². The number of carbonyl (C=O) groups excluding carboxylic acids is 1. The van der Waals surface area contributed by atoms with E-state index in [0.29, 0.717) is 17.2 Å². The van der Waals surface area contributed by atoms with E-state index in [1.165, 1.54) is 23.9 Å². The molecule has 3 rings (SSSR count). The minimum Gasteiger partial charge on any atom is -0.454 e. The molecule has 0 saturated carbocycles. The first kappa shape index (κ1) is 13.3. The molecule has 0 aliphatic carbocycles. The Morgan fingerprint density at radius 2 is 2.00 bits per heavy atom. The predicted octanol–water partition coefficient (Wildman–Crippen LogP) is 2.55. The van der Waals surface area contributed by atoms with Crippen LogP contribution in [-0.2, 0) is 6.42 Å². The zero-order valence-corrected chi connectivity index (χ0v) is 11.7. The van der Waals surface area contributed by atoms with E-state index in [4.69, 9.17) is 4.74 Å². The van der Waals surface area contributed by atoms with Crippen LogP contribution in [0.3, 0.4) is 0 Å². The van der Waals surface area contributed by atoms with Crippen LogP contribution in [0.4, 0.5) is 0 Å². The summed E-state index contributed by atoms with van der Waals surface area (Å²) < 4.78 is 5.57. The lowest BCUT2D eigenvalue weighted by atomic mass is 10.2. The van der Waals surface area contributed by atoms with Gasteiger partial charge in [0.05, 0.1) is 18.8 Å². The first-order valence-electron chi connectivity index (χ1n) is 6.12. The summed E-state index contributed by atoms with van der Waals surface area (Å²) in [6, 6.07) is 3.27. The van der Waals surface area contributed by atoms with E-state index < -0.39 is 0 Å². The van der Waals surface area contributed by atoms with Gasteiger partial charge in [0.2, 0.25) is 0 Å². The van der Waals surface area contributed by atoms with Crippen LogP contribution >= 0.6 is 11.3 Å².